The maximum Gasteiger partial charge on any atom is 0.394 e. The Kier molecular flexibility index (Phi) is 29.2. The second-order valence-electron chi connectivity index (χ2n) is 6.38. The number of rotatable bonds is 24. The summed E-state index contributed by atoms with van der Waals surface area (Å²) < 4.78 is 74.2. The molecule has 0 saturated heterocycles. The Hall–Kier alpha value is -0.490. The van der Waals surface area contributed by atoms with Crippen LogP contribution in [-0.2, 0) is 48.3 Å². The van der Waals surface area contributed by atoms with Crippen LogP contribution in [-0.4, -0.2) is 134 Å². The summed E-state index contributed by atoms with van der Waals surface area (Å²) in [7, 11) is -4.67. The predicted octanol–water partition coefficient (Wildman–Crippen LogP) is -0.133. The van der Waals surface area contributed by atoms with Crippen LogP contribution in [0, 0.1) is 0 Å². The van der Waals surface area contributed by atoms with Gasteiger partial charge in [0.2, 0.25) is 0 Å². The first-order valence-electron chi connectivity index (χ1n) is 10.7. The molecule has 0 amide bonds. The van der Waals surface area contributed by atoms with Gasteiger partial charge in [-0.25, -0.2) is 0 Å². The highest BCUT2D eigenvalue weighted by Gasteiger charge is 1.95. The fourth-order valence-electron chi connectivity index (χ4n) is 1.83. The predicted molar refractivity (Wildman–Crippen MR) is 118 cm³/mol. The van der Waals surface area contributed by atoms with E-state index in [4.69, 9.17) is 60.5 Å². The number of hydrogen-bond acceptors (Lipinski definition) is 11. The van der Waals surface area contributed by atoms with Crippen LogP contribution in [0.2, 0.25) is 0 Å². The molecule has 0 aromatic carbocycles. The topological polar surface area (TPSA) is 169 Å². The third-order valence-electron chi connectivity index (χ3n) is 3.15. The first-order valence-corrected chi connectivity index (χ1v) is 12.1. The van der Waals surface area contributed by atoms with Crippen molar-refractivity contribution < 1.29 is 60.5 Å². The number of hydrogen-bond donors (Lipinski definition) is 3. The SMILES string of the molecule is CC(C)OCCOCCOCCOCCOCCOCCOCCOCCO.O=S(=O)(O)O. The van der Waals surface area contributed by atoms with Crippen molar-refractivity contribution in [3.05, 3.63) is 0 Å². The van der Waals surface area contributed by atoms with E-state index < -0.39 is 10.4 Å². The Bertz CT molecular complexity index is 455. The van der Waals surface area contributed by atoms with Gasteiger partial charge >= 0.3 is 10.4 Å². The molecule has 0 heterocycles. The number of aliphatic hydroxyl groups is 1. The molecule has 0 rings (SSSR count). The maximum atomic E-state index is 8.74. The van der Waals surface area contributed by atoms with Crippen LogP contribution < -0.4 is 0 Å². The van der Waals surface area contributed by atoms with Gasteiger partial charge in [0.25, 0.3) is 0 Å². The zero-order valence-electron chi connectivity index (χ0n) is 19.7. The lowest BCUT2D eigenvalue weighted by atomic mass is 10.5. The van der Waals surface area contributed by atoms with E-state index in [1.54, 1.807) is 0 Å². The smallest absolute Gasteiger partial charge is 0.394 e. The van der Waals surface area contributed by atoms with Gasteiger partial charge in [-0.1, -0.05) is 0 Å². The lowest BCUT2D eigenvalue weighted by molar-refractivity contribution is -0.0260. The highest BCUT2D eigenvalue weighted by molar-refractivity contribution is 7.79. The van der Waals surface area contributed by atoms with E-state index in [9.17, 15) is 0 Å². The third kappa shape index (κ3) is 45.7. The quantitative estimate of drug-likeness (QED) is 0.116. The summed E-state index contributed by atoms with van der Waals surface area (Å²) in [5.74, 6) is 0. The molecule has 0 aliphatic rings. The Morgan fingerprint density at radius 1 is 0.515 bits per heavy atom. The summed E-state index contributed by atoms with van der Waals surface area (Å²) in [5, 5.41) is 8.53. The molecular formula is C19H42O13S. The van der Waals surface area contributed by atoms with Crippen LogP contribution >= 0.6 is 0 Å². The van der Waals surface area contributed by atoms with E-state index in [1.807, 2.05) is 13.8 Å². The second-order valence-corrected chi connectivity index (χ2v) is 7.27. The fraction of sp³-hybridized carbons (Fsp3) is 1.00. The van der Waals surface area contributed by atoms with Gasteiger partial charge in [0.05, 0.1) is 112 Å². The summed E-state index contributed by atoms with van der Waals surface area (Å²) in [6.45, 7) is 11.9. The van der Waals surface area contributed by atoms with Crippen LogP contribution in [0.5, 0.6) is 0 Å². The molecule has 0 unspecified atom stereocenters. The number of ether oxygens (including phenoxy) is 8. The molecule has 13 nitrogen and oxygen atoms in total. The van der Waals surface area contributed by atoms with E-state index in [2.05, 4.69) is 0 Å². The minimum Gasteiger partial charge on any atom is -0.394 e. The van der Waals surface area contributed by atoms with Gasteiger partial charge in [0, 0.05) is 0 Å². The zero-order valence-corrected chi connectivity index (χ0v) is 20.5. The van der Waals surface area contributed by atoms with Crippen LogP contribution in [0.1, 0.15) is 13.8 Å². The largest absolute Gasteiger partial charge is 0.394 e. The first-order chi connectivity index (χ1) is 15.8. The summed E-state index contributed by atoms with van der Waals surface area (Å²) in [6, 6.07) is 0. The molecular weight excluding hydrogens is 468 g/mol. The highest BCUT2D eigenvalue weighted by atomic mass is 32.3. The minimum absolute atomic E-state index is 0.0344. The molecule has 0 radical (unpaired) electrons. The second kappa shape index (κ2) is 27.8. The van der Waals surface area contributed by atoms with Crippen LogP contribution in [0.3, 0.4) is 0 Å². The zero-order chi connectivity index (χ0) is 25.0. The van der Waals surface area contributed by atoms with Gasteiger partial charge in [-0.15, -0.1) is 0 Å². The molecule has 202 valence electrons. The summed E-state index contributed by atoms with van der Waals surface area (Å²) >= 11 is 0. The summed E-state index contributed by atoms with van der Waals surface area (Å²) in [6.07, 6.45) is 0.238. The van der Waals surface area contributed by atoms with Crippen molar-refractivity contribution in [2.45, 2.75) is 20.0 Å². The number of aliphatic hydroxyl groups excluding tert-OH is 1. The third-order valence-corrected chi connectivity index (χ3v) is 3.15. The van der Waals surface area contributed by atoms with Crippen molar-refractivity contribution in [2.24, 2.45) is 0 Å². The Labute approximate surface area is 197 Å². The Morgan fingerprint density at radius 3 is 0.939 bits per heavy atom. The van der Waals surface area contributed by atoms with Crippen molar-refractivity contribution in [3.8, 4) is 0 Å². The van der Waals surface area contributed by atoms with E-state index in [-0.39, 0.29) is 12.7 Å². The van der Waals surface area contributed by atoms with Gasteiger partial charge in [-0.3, -0.25) is 9.11 Å². The molecule has 0 saturated carbocycles. The average Bonchev–Trinajstić information content (AvgIpc) is 2.73. The van der Waals surface area contributed by atoms with Crippen molar-refractivity contribution >= 4 is 10.4 Å². The van der Waals surface area contributed by atoms with E-state index >= 15 is 0 Å². The van der Waals surface area contributed by atoms with Gasteiger partial charge in [0.15, 0.2) is 0 Å². The standard InChI is InChI=1S/C19H40O9.H2O4S/c1-19(2)28-18-17-27-16-15-26-14-13-25-12-11-24-10-9-23-8-7-22-6-5-21-4-3-20;1-5(2,3)4/h19-20H,3-18H2,1-2H3;(H2,1,2,3,4). The molecule has 0 bridgehead atoms. The Morgan fingerprint density at radius 2 is 0.727 bits per heavy atom. The van der Waals surface area contributed by atoms with Crippen LogP contribution in [0.15, 0.2) is 0 Å². The molecule has 3 N–H and O–H groups in total. The van der Waals surface area contributed by atoms with Crippen molar-refractivity contribution in [2.75, 3.05) is 106 Å². The Balaban J connectivity index is 0. The lowest BCUT2D eigenvalue weighted by Gasteiger charge is -2.09. The van der Waals surface area contributed by atoms with Gasteiger partial charge < -0.3 is 43.0 Å². The van der Waals surface area contributed by atoms with Crippen molar-refractivity contribution in [3.63, 3.8) is 0 Å². The van der Waals surface area contributed by atoms with E-state index in [0.717, 1.165) is 0 Å². The summed E-state index contributed by atoms with van der Waals surface area (Å²) in [4.78, 5) is 0. The molecule has 0 atom stereocenters. The van der Waals surface area contributed by atoms with Crippen molar-refractivity contribution in [1.82, 2.24) is 0 Å². The van der Waals surface area contributed by atoms with E-state index in [0.29, 0.717) is 99.1 Å². The molecule has 33 heavy (non-hydrogen) atoms. The fourth-order valence-corrected chi connectivity index (χ4v) is 1.83. The van der Waals surface area contributed by atoms with Crippen LogP contribution in [0.25, 0.3) is 0 Å². The van der Waals surface area contributed by atoms with Crippen LogP contribution in [0.4, 0.5) is 0 Å². The van der Waals surface area contributed by atoms with Gasteiger partial charge in [-0.05, 0) is 13.8 Å². The summed E-state index contributed by atoms with van der Waals surface area (Å²) in [5.41, 5.74) is 0. The van der Waals surface area contributed by atoms with Gasteiger partial charge in [-0.2, -0.15) is 8.42 Å². The minimum atomic E-state index is -4.67. The first kappa shape index (κ1) is 34.7. The maximum absolute atomic E-state index is 8.74. The highest BCUT2D eigenvalue weighted by Crippen LogP contribution is 1.88. The van der Waals surface area contributed by atoms with Gasteiger partial charge in [0.1, 0.15) is 0 Å². The monoisotopic (exact) mass is 510 g/mol. The normalized spacial score (nSPS) is 11.6. The molecule has 0 aliphatic carbocycles. The molecule has 14 heteroatoms. The van der Waals surface area contributed by atoms with Crippen molar-refractivity contribution in [1.29, 1.82) is 0 Å². The molecule has 0 spiro atoms. The average molecular weight is 511 g/mol. The lowest BCUT2D eigenvalue weighted by Crippen LogP contribution is -2.15. The molecule has 0 aromatic heterocycles. The van der Waals surface area contributed by atoms with E-state index in [1.165, 1.54) is 0 Å². The molecule has 0 aromatic rings. The molecule has 0 fully saturated rings. The molecule has 0 aliphatic heterocycles.